The summed E-state index contributed by atoms with van der Waals surface area (Å²) in [5.74, 6) is 1.43. The molecule has 0 fully saturated rings. The molecular formula is C26H23F3N4O2. The second-order valence-electron chi connectivity index (χ2n) is 7.84. The number of nitrogens with zero attached hydrogens (tertiary/aromatic N) is 2. The highest BCUT2D eigenvalue weighted by atomic mass is 19.4. The van der Waals surface area contributed by atoms with Crippen LogP contribution in [0.1, 0.15) is 30.0 Å². The molecule has 2 aromatic heterocycles. The third-order valence-corrected chi connectivity index (χ3v) is 5.33. The lowest BCUT2D eigenvalue weighted by Gasteiger charge is -2.14. The van der Waals surface area contributed by atoms with Gasteiger partial charge in [0.05, 0.1) is 5.56 Å². The highest BCUT2D eigenvalue weighted by molar-refractivity contribution is 5.91. The highest BCUT2D eigenvalue weighted by Crippen LogP contribution is 2.34. The number of pyridine rings is 1. The Labute approximate surface area is 200 Å². The molecule has 0 radical (unpaired) electrons. The summed E-state index contributed by atoms with van der Waals surface area (Å²) < 4.78 is 45.8. The van der Waals surface area contributed by atoms with Crippen molar-refractivity contribution in [2.75, 3.05) is 5.32 Å². The quantitative estimate of drug-likeness (QED) is 0.305. The Hall–Kier alpha value is -4.14. The normalized spacial score (nSPS) is 11.3. The molecule has 0 spiro atoms. The lowest BCUT2D eigenvalue weighted by atomic mass is 10.0. The van der Waals surface area contributed by atoms with Crippen LogP contribution in [0.2, 0.25) is 0 Å². The van der Waals surface area contributed by atoms with Gasteiger partial charge in [-0.15, -0.1) is 0 Å². The average Bonchev–Trinajstić information content (AvgIpc) is 3.38. The summed E-state index contributed by atoms with van der Waals surface area (Å²) in [6.45, 7) is 1.66. The number of hydrogen-bond acceptors (Lipinski definition) is 4. The van der Waals surface area contributed by atoms with E-state index in [0.717, 1.165) is 11.6 Å². The molecule has 0 atom stereocenters. The van der Waals surface area contributed by atoms with E-state index in [1.54, 1.807) is 43.7 Å². The number of imidazole rings is 1. The van der Waals surface area contributed by atoms with Gasteiger partial charge >= 0.3 is 6.18 Å². The predicted octanol–water partition coefficient (Wildman–Crippen LogP) is 6.42. The van der Waals surface area contributed by atoms with Gasteiger partial charge in [-0.1, -0.05) is 25.1 Å². The Bertz CT molecular complexity index is 1300. The zero-order valence-electron chi connectivity index (χ0n) is 18.9. The minimum Gasteiger partial charge on any atom is -0.457 e. The molecule has 0 aliphatic heterocycles. The van der Waals surface area contributed by atoms with Gasteiger partial charge in [0.15, 0.2) is 5.82 Å². The van der Waals surface area contributed by atoms with Crippen molar-refractivity contribution in [1.29, 1.82) is 0 Å². The summed E-state index contributed by atoms with van der Waals surface area (Å²) in [5.41, 5.74) is 1.09. The number of amides is 1. The lowest BCUT2D eigenvalue weighted by molar-refractivity contribution is -0.138. The van der Waals surface area contributed by atoms with E-state index in [1.807, 2.05) is 18.2 Å². The first-order valence-electron chi connectivity index (χ1n) is 11.0. The van der Waals surface area contributed by atoms with E-state index in [9.17, 15) is 18.0 Å². The van der Waals surface area contributed by atoms with Crippen molar-refractivity contribution in [3.63, 3.8) is 0 Å². The fourth-order valence-electron chi connectivity index (χ4n) is 3.62. The molecule has 0 saturated carbocycles. The molecule has 2 heterocycles. The Kier molecular flexibility index (Phi) is 7.14. The van der Waals surface area contributed by atoms with Gasteiger partial charge in [-0.3, -0.25) is 9.78 Å². The van der Waals surface area contributed by atoms with Crippen LogP contribution < -0.4 is 10.1 Å². The summed E-state index contributed by atoms with van der Waals surface area (Å²) in [6, 6.07) is 14.7. The molecule has 0 bridgehead atoms. The van der Waals surface area contributed by atoms with E-state index in [2.05, 4.69) is 20.3 Å². The molecule has 35 heavy (non-hydrogen) atoms. The van der Waals surface area contributed by atoms with Crippen LogP contribution in [0, 0.1) is 0 Å². The summed E-state index contributed by atoms with van der Waals surface area (Å²) in [7, 11) is 0. The van der Waals surface area contributed by atoms with E-state index < -0.39 is 11.7 Å². The van der Waals surface area contributed by atoms with Crippen LogP contribution in [0.25, 0.3) is 11.5 Å². The maximum Gasteiger partial charge on any atom is 0.416 e. The van der Waals surface area contributed by atoms with Crippen molar-refractivity contribution in [3.8, 4) is 23.0 Å². The van der Waals surface area contributed by atoms with Crippen LogP contribution in [0.15, 0.2) is 73.2 Å². The molecular weight excluding hydrogens is 457 g/mol. The molecule has 9 heteroatoms. The van der Waals surface area contributed by atoms with Crippen LogP contribution in [0.3, 0.4) is 0 Å². The highest BCUT2D eigenvalue weighted by Gasteiger charge is 2.33. The SMILES string of the molecule is CCc1ccc(NC(=O)CCc2cccc(Oc3ccnc(-c4ncc[nH]4)c3)c2)cc1C(F)(F)F. The molecule has 0 aliphatic rings. The number of aromatic nitrogens is 3. The zero-order valence-corrected chi connectivity index (χ0v) is 18.9. The molecule has 0 unspecified atom stereocenters. The number of nitrogens with one attached hydrogen (secondary N) is 2. The number of ether oxygens (including phenoxy) is 1. The minimum atomic E-state index is -4.47. The molecule has 180 valence electrons. The van der Waals surface area contributed by atoms with E-state index in [1.165, 1.54) is 12.1 Å². The molecule has 1 amide bonds. The summed E-state index contributed by atoms with van der Waals surface area (Å²) in [6.07, 6.45) is 1.26. The van der Waals surface area contributed by atoms with E-state index in [4.69, 9.17) is 4.74 Å². The second kappa shape index (κ2) is 10.4. The molecule has 2 aromatic carbocycles. The first-order valence-corrected chi connectivity index (χ1v) is 11.0. The fourth-order valence-corrected chi connectivity index (χ4v) is 3.62. The van der Waals surface area contributed by atoms with E-state index >= 15 is 0 Å². The van der Waals surface area contributed by atoms with Crippen molar-refractivity contribution < 1.29 is 22.7 Å². The fraction of sp³-hybridized carbons (Fsp3) is 0.192. The summed E-state index contributed by atoms with van der Waals surface area (Å²) in [5, 5.41) is 2.56. The van der Waals surface area contributed by atoms with E-state index in [0.29, 0.717) is 29.4 Å². The number of carbonyl (C=O) groups excluding carboxylic acids is 1. The first-order chi connectivity index (χ1) is 16.8. The van der Waals surface area contributed by atoms with Crippen molar-refractivity contribution >= 4 is 11.6 Å². The van der Waals surface area contributed by atoms with Crippen LogP contribution in [-0.2, 0) is 23.8 Å². The smallest absolute Gasteiger partial charge is 0.416 e. The molecule has 2 N–H and O–H groups in total. The molecule has 4 rings (SSSR count). The monoisotopic (exact) mass is 480 g/mol. The van der Waals surface area contributed by atoms with Gasteiger partial charge in [-0.05, 0) is 54.3 Å². The molecule has 0 saturated heterocycles. The average molecular weight is 480 g/mol. The van der Waals surface area contributed by atoms with Crippen molar-refractivity contribution in [3.05, 3.63) is 89.9 Å². The topological polar surface area (TPSA) is 79.9 Å². The minimum absolute atomic E-state index is 0.109. The predicted molar refractivity (Wildman–Crippen MR) is 126 cm³/mol. The van der Waals surface area contributed by atoms with Gasteiger partial charge in [0.25, 0.3) is 0 Å². The Morgan fingerprint density at radius 3 is 2.60 bits per heavy atom. The number of hydrogen-bond donors (Lipinski definition) is 2. The number of anilines is 1. The van der Waals surface area contributed by atoms with Gasteiger partial charge in [0.2, 0.25) is 5.91 Å². The Balaban J connectivity index is 1.37. The van der Waals surface area contributed by atoms with Gasteiger partial charge in [0, 0.05) is 36.8 Å². The molecule has 4 aromatic rings. The van der Waals surface area contributed by atoms with Gasteiger partial charge in [0.1, 0.15) is 17.2 Å². The van der Waals surface area contributed by atoms with Gasteiger partial charge in [-0.25, -0.2) is 4.98 Å². The van der Waals surface area contributed by atoms with Crippen LogP contribution >= 0.6 is 0 Å². The Morgan fingerprint density at radius 2 is 1.86 bits per heavy atom. The maximum absolute atomic E-state index is 13.3. The van der Waals surface area contributed by atoms with Gasteiger partial charge < -0.3 is 15.0 Å². The lowest BCUT2D eigenvalue weighted by Crippen LogP contribution is -2.14. The van der Waals surface area contributed by atoms with Crippen molar-refractivity contribution in [2.45, 2.75) is 32.4 Å². The third-order valence-electron chi connectivity index (χ3n) is 5.33. The van der Waals surface area contributed by atoms with Crippen LogP contribution in [0.4, 0.5) is 18.9 Å². The number of aryl methyl sites for hydroxylation is 2. The van der Waals surface area contributed by atoms with Gasteiger partial charge in [-0.2, -0.15) is 13.2 Å². The molecule has 0 aliphatic carbocycles. The number of halogens is 3. The summed E-state index contributed by atoms with van der Waals surface area (Å²) in [4.78, 5) is 23.8. The number of benzene rings is 2. The largest absolute Gasteiger partial charge is 0.457 e. The third kappa shape index (κ3) is 6.26. The van der Waals surface area contributed by atoms with Crippen LogP contribution in [-0.4, -0.2) is 20.9 Å². The first kappa shape index (κ1) is 24.0. The van der Waals surface area contributed by atoms with E-state index in [-0.39, 0.29) is 30.0 Å². The maximum atomic E-state index is 13.3. The number of carbonyl (C=O) groups is 1. The zero-order chi connectivity index (χ0) is 24.8. The number of aromatic amines is 1. The number of rotatable bonds is 8. The summed E-state index contributed by atoms with van der Waals surface area (Å²) >= 11 is 0. The number of alkyl halides is 3. The second-order valence-corrected chi connectivity index (χ2v) is 7.84. The van der Waals surface area contributed by atoms with Crippen LogP contribution in [0.5, 0.6) is 11.5 Å². The standard InChI is InChI=1S/C26H23F3N4O2/c1-2-18-7-8-19(15-22(18)26(27,28)29)33-24(34)9-6-17-4-3-5-20(14-17)35-21-10-11-30-23(16-21)25-31-12-13-32-25/h3-5,7-8,10-16H,2,6,9H2,1H3,(H,31,32)(H,33,34). The van der Waals surface area contributed by atoms with Crippen molar-refractivity contribution in [1.82, 2.24) is 15.0 Å². The van der Waals surface area contributed by atoms with Crippen molar-refractivity contribution in [2.24, 2.45) is 0 Å². The Morgan fingerprint density at radius 1 is 1.03 bits per heavy atom. The number of H-pyrrole nitrogens is 1. The molecule has 6 nitrogen and oxygen atoms in total.